The van der Waals surface area contributed by atoms with E-state index in [2.05, 4.69) is 39.1 Å². The van der Waals surface area contributed by atoms with Crippen molar-refractivity contribution in [2.24, 2.45) is 5.92 Å². The van der Waals surface area contributed by atoms with Crippen LogP contribution in [0.5, 0.6) is 0 Å². The summed E-state index contributed by atoms with van der Waals surface area (Å²) in [4.78, 5) is 14.7. The minimum atomic E-state index is 0.491. The van der Waals surface area contributed by atoms with Gasteiger partial charge in [-0.3, -0.25) is 4.79 Å². The molecule has 0 radical (unpaired) electrons. The summed E-state index contributed by atoms with van der Waals surface area (Å²) in [5.74, 6) is 0.491. The molecule has 0 bridgehead atoms. The van der Waals surface area contributed by atoms with E-state index in [4.69, 9.17) is 11.6 Å². The number of benzene rings is 2. The van der Waals surface area contributed by atoms with E-state index in [1.54, 1.807) is 0 Å². The molecule has 3 rings (SSSR count). The summed E-state index contributed by atoms with van der Waals surface area (Å²) in [6, 6.07) is 16.1. The van der Waals surface area contributed by atoms with Gasteiger partial charge in [-0.25, -0.2) is 4.98 Å². The van der Waals surface area contributed by atoms with Crippen molar-refractivity contribution in [3.8, 4) is 0 Å². The number of anilines is 1. The van der Waals surface area contributed by atoms with Gasteiger partial charge >= 0.3 is 0 Å². The summed E-state index contributed by atoms with van der Waals surface area (Å²) >= 11 is 5.97. The maximum atomic E-state index is 10.5. The van der Waals surface area contributed by atoms with Crippen molar-refractivity contribution in [3.05, 3.63) is 83.4 Å². The van der Waals surface area contributed by atoms with Crippen LogP contribution in [0.2, 0.25) is 5.02 Å². The zero-order valence-electron chi connectivity index (χ0n) is 14.5. The quantitative estimate of drug-likeness (QED) is 0.562. The number of imidazole rings is 1. The SMILES string of the molecule is O=CNc1ccc(CC(CCc2ccc(Cl)cc2)Cn2ccnc2)cc1. The minimum Gasteiger partial charge on any atom is -0.337 e. The first-order valence-electron chi connectivity index (χ1n) is 8.72. The average Bonchev–Trinajstić information content (AvgIpc) is 3.16. The predicted molar refractivity (Wildman–Crippen MR) is 105 cm³/mol. The first kappa shape index (κ1) is 18.2. The van der Waals surface area contributed by atoms with Crippen LogP contribution in [0.15, 0.2) is 67.3 Å². The highest BCUT2D eigenvalue weighted by Crippen LogP contribution is 2.20. The number of carbonyl (C=O) groups excluding carboxylic acids is 1. The maximum Gasteiger partial charge on any atom is 0.211 e. The number of hydrogen-bond donors (Lipinski definition) is 1. The Balaban J connectivity index is 1.65. The second kappa shape index (κ2) is 9.20. The molecule has 1 atom stereocenters. The van der Waals surface area contributed by atoms with Crippen molar-refractivity contribution in [3.63, 3.8) is 0 Å². The van der Waals surface area contributed by atoms with E-state index in [1.807, 2.05) is 43.0 Å². The van der Waals surface area contributed by atoms with Gasteiger partial charge in [0.25, 0.3) is 0 Å². The third kappa shape index (κ3) is 5.46. The van der Waals surface area contributed by atoms with Crippen molar-refractivity contribution in [1.82, 2.24) is 9.55 Å². The van der Waals surface area contributed by atoms with Crippen LogP contribution in [-0.2, 0) is 24.2 Å². The summed E-state index contributed by atoms with van der Waals surface area (Å²) in [7, 11) is 0. The maximum absolute atomic E-state index is 10.5. The number of halogens is 1. The van der Waals surface area contributed by atoms with E-state index in [-0.39, 0.29) is 0 Å². The lowest BCUT2D eigenvalue weighted by Crippen LogP contribution is -2.14. The van der Waals surface area contributed by atoms with E-state index in [9.17, 15) is 4.79 Å². The van der Waals surface area contributed by atoms with E-state index in [0.717, 1.165) is 36.5 Å². The molecule has 0 aliphatic heterocycles. The predicted octanol–water partition coefficient (Wildman–Crippen LogP) is 4.60. The summed E-state index contributed by atoms with van der Waals surface area (Å²) in [5.41, 5.74) is 3.38. The standard InChI is InChI=1S/C21H22ClN3O/c22-20-7-3-17(4-8-20)1-2-19(14-25-12-11-23-15-25)13-18-5-9-21(10-6-18)24-16-26/h3-12,15-16,19H,1-2,13-14H2,(H,24,26). The molecule has 2 aromatic carbocycles. The summed E-state index contributed by atoms with van der Waals surface area (Å²) in [5, 5.41) is 3.44. The van der Waals surface area contributed by atoms with Gasteiger partial charge in [0.05, 0.1) is 6.33 Å². The Kier molecular flexibility index (Phi) is 6.45. The van der Waals surface area contributed by atoms with Crippen LogP contribution >= 0.6 is 11.6 Å². The van der Waals surface area contributed by atoms with Crippen LogP contribution in [-0.4, -0.2) is 16.0 Å². The van der Waals surface area contributed by atoms with E-state index in [0.29, 0.717) is 12.3 Å². The van der Waals surface area contributed by atoms with Crippen LogP contribution in [0.1, 0.15) is 17.5 Å². The molecule has 134 valence electrons. The second-order valence-electron chi connectivity index (χ2n) is 6.45. The summed E-state index contributed by atoms with van der Waals surface area (Å²) < 4.78 is 2.13. The number of amides is 1. The number of carbonyl (C=O) groups is 1. The van der Waals surface area contributed by atoms with Gasteiger partial charge in [-0.2, -0.15) is 0 Å². The Morgan fingerprint density at radius 2 is 1.81 bits per heavy atom. The van der Waals surface area contributed by atoms with Gasteiger partial charge in [-0.1, -0.05) is 35.9 Å². The molecule has 5 heteroatoms. The molecule has 3 aromatic rings. The molecule has 1 N–H and O–H groups in total. The fourth-order valence-electron chi connectivity index (χ4n) is 3.11. The fourth-order valence-corrected chi connectivity index (χ4v) is 3.24. The largest absolute Gasteiger partial charge is 0.337 e. The van der Waals surface area contributed by atoms with Gasteiger partial charge in [0.1, 0.15) is 0 Å². The number of aromatic nitrogens is 2. The highest BCUT2D eigenvalue weighted by molar-refractivity contribution is 6.30. The Morgan fingerprint density at radius 3 is 2.46 bits per heavy atom. The van der Waals surface area contributed by atoms with Crippen molar-refractivity contribution in [2.45, 2.75) is 25.8 Å². The summed E-state index contributed by atoms with van der Waals surface area (Å²) in [6.07, 6.45) is 9.46. The molecule has 1 heterocycles. The zero-order chi connectivity index (χ0) is 18.2. The molecule has 26 heavy (non-hydrogen) atoms. The second-order valence-corrected chi connectivity index (χ2v) is 6.89. The molecule has 0 fully saturated rings. The van der Waals surface area contributed by atoms with E-state index < -0.39 is 0 Å². The number of rotatable bonds is 9. The molecule has 4 nitrogen and oxygen atoms in total. The molecule has 0 saturated heterocycles. The van der Waals surface area contributed by atoms with Gasteiger partial charge in [0, 0.05) is 29.6 Å². The van der Waals surface area contributed by atoms with Crippen molar-refractivity contribution < 1.29 is 4.79 Å². The highest BCUT2D eigenvalue weighted by Gasteiger charge is 2.11. The minimum absolute atomic E-state index is 0.491. The molecule has 0 aliphatic rings. The smallest absolute Gasteiger partial charge is 0.211 e. The van der Waals surface area contributed by atoms with Crippen molar-refractivity contribution in [1.29, 1.82) is 0 Å². The third-order valence-corrected chi connectivity index (χ3v) is 4.74. The van der Waals surface area contributed by atoms with Gasteiger partial charge in [-0.05, 0) is 60.6 Å². The third-order valence-electron chi connectivity index (χ3n) is 4.49. The van der Waals surface area contributed by atoms with Crippen LogP contribution in [0, 0.1) is 5.92 Å². The number of hydrogen-bond acceptors (Lipinski definition) is 2. The molecular formula is C21H22ClN3O. The topological polar surface area (TPSA) is 46.9 Å². The lowest BCUT2D eigenvalue weighted by Gasteiger charge is -2.18. The first-order valence-corrected chi connectivity index (χ1v) is 9.10. The average molecular weight is 368 g/mol. The Labute approximate surface area is 158 Å². The van der Waals surface area contributed by atoms with Crippen LogP contribution < -0.4 is 5.32 Å². The van der Waals surface area contributed by atoms with E-state index in [1.165, 1.54) is 11.1 Å². The van der Waals surface area contributed by atoms with Gasteiger partial charge < -0.3 is 9.88 Å². The number of nitrogens with zero attached hydrogens (tertiary/aromatic N) is 2. The normalized spacial score (nSPS) is 11.9. The van der Waals surface area contributed by atoms with Crippen molar-refractivity contribution in [2.75, 3.05) is 5.32 Å². The van der Waals surface area contributed by atoms with Crippen LogP contribution in [0.3, 0.4) is 0 Å². The molecular weight excluding hydrogens is 346 g/mol. The van der Waals surface area contributed by atoms with Gasteiger partial charge in [-0.15, -0.1) is 0 Å². The number of aryl methyl sites for hydroxylation is 1. The van der Waals surface area contributed by atoms with Crippen molar-refractivity contribution >= 4 is 23.7 Å². The monoisotopic (exact) mass is 367 g/mol. The molecule has 1 amide bonds. The molecule has 1 aromatic heterocycles. The lowest BCUT2D eigenvalue weighted by molar-refractivity contribution is -0.105. The van der Waals surface area contributed by atoms with Crippen LogP contribution in [0.4, 0.5) is 5.69 Å². The van der Waals surface area contributed by atoms with Gasteiger partial charge in [0.2, 0.25) is 6.41 Å². The Hall–Kier alpha value is -2.59. The molecule has 0 spiro atoms. The lowest BCUT2D eigenvalue weighted by atomic mass is 9.92. The first-order chi connectivity index (χ1) is 12.7. The zero-order valence-corrected chi connectivity index (χ0v) is 15.3. The van der Waals surface area contributed by atoms with Crippen LogP contribution in [0.25, 0.3) is 0 Å². The Bertz CT molecular complexity index is 798. The molecule has 0 saturated carbocycles. The number of nitrogens with one attached hydrogen (secondary N) is 1. The molecule has 1 unspecified atom stereocenters. The fraction of sp³-hybridized carbons (Fsp3) is 0.238. The van der Waals surface area contributed by atoms with E-state index >= 15 is 0 Å². The summed E-state index contributed by atoms with van der Waals surface area (Å²) in [6.45, 7) is 0.932. The molecule has 0 aliphatic carbocycles. The van der Waals surface area contributed by atoms with Gasteiger partial charge in [0.15, 0.2) is 0 Å². The Morgan fingerprint density at radius 1 is 1.08 bits per heavy atom. The highest BCUT2D eigenvalue weighted by atomic mass is 35.5.